The van der Waals surface area contributed by atoms with Crippen molar-refractivity contribution in [1.82, 2.24) is 0 Å². The molecular formula is C19H32O2S. The van der Waals surface area contributed by atoms with E-state index in [0.717, 1.165) is 25.1 Å². The van der Waals surface area contributed by atoms with Gasteiger partial charge in [-0.05, 0) is 17.9 Å². The van der Waals surface area contributed by atoms with Gasteiger partial charge in [-0.2, -0.15) is 0 Å². The van der Waals surface area contributed by atoms with Crippen LogP contribution in [0.25, 0.3) is 0 Å². The first-order chi connectivity index (χ1) is 10.9. The molecule has 0 amide bonds. The average Bonchev–Trinajstić information content (AvgIpc) is 2.99. The van der Waals surface area contributed by atoms with Crippen LogP contribution in [-0.4, -0.2) is 12.9 Å². The molecule has 0 aliphatic carbocycles. The summed E-state index contributed by atoms with van der Waals surface area (Å²) in [7, 11) is 0. The highest BCUT2D eigenvalue weighted by atomic mass is 32.1. The molecule has 0 atom stereocenters. The molecule has 0 fully saturated rings. The van der Waals surface area contributed by atoms with Crippen molar-refractivity contribution in [3.63, 3.8) is 0 Å². The standard InChI is InChI=1S/C19H32O2S/c1-2-3-4-5-6-7-8-9-10-11-12-13-15-21-18-14-16-22-19(18)17-20/h14,16-17H,2-13,15H2,1H3. The lowest BCUT2D eigenvalue weighted by Crippen LogP contribution is -1.97. The van der Waals surface area contributed by atoms with Crippen LogP contribution in [0.1, 0.15) is 93.6 Å². The van der Waals surface area contributed by atoms with E-state index in [-0.39, 0.29) is 0 Å². The van der Waals surface area contributed by atoms with E-state index in [1.807, 2.05) is 11.4 Å². The smallest absolute Gasteiger partial charge is 0.163 e. The van der Waals surface area contributed by atoms with Gasteiger partial charge in [-0.3, -0.25) is 4.79 Å². The van der Waals surface area contributed by atoms with Crippen LogP contribution in [0.15, 0.2) is 11.4 Å². The van der Waals surface area contributed by atoms with E-state index in [4.69, 9.17) is 4.74 Å². The number of aldehydes is 1. The molecule has 22 heavy (non-hydrogen) atoms. The Morgan fingerprint density at radius 2 is 1.45 bits per heavy atom. The minimum atomic E-state index is 0.707. The largest absolute Gasteiger partial charge is 0.492 e. The van der Waals surface area contributed by atoms with Crippen molar-refractivity contribution >= 4 is 17.6 Å². The summed E-state index contributed by atoms with van der Waals surface area (Å²) >= 11 is 1.44. The maximum Gasteiger partial charge on any atom is 0.163 e. The highest BCUT2D eigenvalue weighted by Crippen LogP contribution is 2.22. The van der Waals surface area contributed by atoms with Crippen molar-refractivity contribution in [2.45, 2.75) is 84.0 Å². The van der Waals surface area contributed by atoms with Gasteiger partial charge in [-0.1, -0.05) is 77.6 Å². The lowest BCUT2D eigenvalue weighted by atomic mass is 10.1. The summed E-state index contributed by atoms with van der Waals surface area (Å²) in [6.07, 6.45) is 17.1. The second-order valence-electron chi connectivity index (χ2n) is 6.00. The SMILES string of the molecule is CCCCCCCCCCCCCCOc1ccsc1C=O. The number of thiophene rings is 1. The molecule has 1 rings (SSSR count). The Kier molecular flexibility index (Phi) is 12.1. The van der Waals surface area contributed by atoms with Crippen molar-refractivity contribution in [2.75, 3.05) is 6.61 Å². The molecule has 3 heteroatoms. The first kappa shape index (κ1) is 19.2. The van der Waals surface area contributed by atoms with Gasteiger partial charge in [0.2, 0.25) is 0 Å². The molecule has 1 aromatic heterocycles. The van der Waals surface area contributed by atoms with Crippen LogP contribution < -0.4 is 4.74 Å². The van der Waals surface area contributed by atoms with Crippen LogP contribution in [0.4, 0.5) is 0 Å². The van der Waals surface area contributed by atoms with E-state index in [1.54, 1.807) is 0 Å². The normalized spacial score (nSPS) is 10.8. The molecule has 0 unspecified atom stereocenters. The number of rotatable bonds is 15. The molecule has 0 spiro atoms. The molecule has 2 nitrogen and oxygen atoms in total. The van der Waals surface area contributed by atoms with Crippen molar-refractivity contribution in [1.29, 1.82) is 0 Å². The average molecular weight is 325 g/mol. The van der Waals surface area contributed by atoms with E-state index in [9.17, 15) is 4.79 Å². The maximum atomic E-state index is 10.8. The van der Waals surface area contributed by atoms with Crippen LogP contribution in [0.5, 0.6) is 5.75 Å². The summed E-state index contributed by atoms with van der Waals surface area (Å²) in [6, 6.07) is 1.88. The number of ether oxygens (including phenoxy) is 1. The second-order valence-corrected chi connectivity index (χ2v) is 6.95. The summed E-state index contributed by atoms with van der Waals surface area (Å²) in [5.41, 5.74) is 0. The van der Waals surface area contributed by atoms with Gasteiger partial charge in [0.15, 0.2) is 6.29 Å². The molecule has 1 aromatic rings. The zero-order valence-corrected chi connectivity index (χ0v) is 15.0. The van der Waals surface area contributed by atoms with E-state index >= 15 is 0 Å². The monoisotopic (exact) mass is 324 g/mol. The third-order valence-electron chi connectivity index (χ3n) is 4.02. The molecule has 0 radical (unpaired) electrons. The zero-order chi connectivity index (χ0) is 15.9. The molecule has 0 saturated heterocycles. The van der Waals surface area contributed by atoms with Crippen molar-refractivity contribution in [3.8, 4) is 5.75 Å². The van der Waals surface area contributed by atoms with Crippen LogP contribution in [0.2, 0.25) is 0 Å². The fraction of sp³-hybridized carbons (Fsp3) is 0.737. The minimum Gasteiger partial charge on any atom is -0.492 e. The Morgan fingerprint density at radius 1 is 0.909 bits per heavy atom. The van der Waals surface area contributed by atoms with Crippen molar-refractivity contribution in [3.05, 3.63) is 16.3 Å². The third kappa shape index (κ3) is 9.24. The second kappa shape index (κ2) is 13.8. The number of carbonyl (C=O) groups is 1. The molecule has 0 aliphatic heterocycles. The van der Waals surface area contributed by atoms with Gasteiger partial charge in [-0.15, -0.1) is 11.3 Å². The van der Waals surface area contributed by atoms with Crippen LogP contribution in [0, 0.1) is 0 Å². The quantitative estimate of drug-likeness (QED) is 0.267. The van der Waals surface area contributed by atoms with Gasteiger partial charge in [0.1, 0.15) is 10.6 Å². The fourth-order valence-corrected chi connectivity index (χ4v) is 3.28. The Hall–Kier alpha value is -0.830. The Bertz CT molecular complexity index is 373. The summed E-state index contributed by atoms with van der Waals surface area (Å²) in [5.74, 6) is 0.753. The third-order valence-corrected chi connectivity index (χ3v) is 4.84. The highest BCUT2D eigenvalue weighted by Gasteiger charge is 2.03. The van der Waals surface area contributed by atoms with Gasteiger partial charge in [0.05, 0.1) is 6.61 Å². The highest BCUT2D eigenvalue weighted by molar-refractivity contribution is 7.12. The van der Waals surface area contributed by atoms with Gasteiger partial charge < -0.3 is 4.74 Å². The Balaban J connectivity index is 1.81. The number of hydrogen-bond acceptors (Lipinski definition) is 3. The molecule has 126 valence electrons. The van der Waals surface area contributed by atoms with E-state index < -0.39 is 0 Å². The molecule has 0 N–H and O–H groups in total. The summed E-state index contributed by atoms with van der Waals surface area (Å²) in [6.45, 7) is 3.00. The van der Waals surface area contributed by atoms with Crippen LogP contribution in [0.3, 0.4) is 0 Å². The maximum absolute atomic E-state index is 10.8. The Morgan fingerprint density at radius 3 is 2.00 bits per heavy atom. The predicted molar refractivity (Wildman–Crippen MR) is 96.3 cm³/mol. The lowest BCUT2D eigenvalue weighted by Gasteiger charge is -2.05. The first-order valence-corrected chi connectivity index (χ1v) is 9.92. The van der Waals surface area contributed by atoms with Gasteiger partial charge in [0.25, 0.3) is 0 Å². The van der Waals surface area contributed by atoms with E-state index in [1.165, 1.54) is 82.0 Å². The summed E-state index contributed by atoms with van der Waals surface area (Å²) < 4.78 is 5.64. The molecular weight excluding hydrogens is 292 g/mol. The molecule has 0 aromatic carbocycles. The predicted octanol–water partition coefficient (Wildman–Crippen LogP) is 6.64. The summed E-state index contributed by atoms with van der Waals surface area (Å²) in [4.78, 5) is 11.5. The number of carbonyl (C=O) groups excluding carboxylic acids is 1. The minimum absolute atomic E-state index is 0.707. The van der Waals surface area contributed by atoms with E-state index in [2.05, 4.69) is 6.92 Å². The molecule has 1 heterocycles. The Labute approximate surface area is 140 Å². The van der Waals surface area contributed by atoms with Crippen LogP contribution >= 0.6 is 11.3 Å². The van der Waals surface area contributed by atoms with Gasteiger partial charge >= 0.3 is 0 Å². The molecule has 0 aliphatic rings. The van der Waals surface area contributed by atoms with Crippen molar-refractivity contribution in [2.24, 2.45) is 0 Å². The first-order valence-electron chi connectivity index (χ1n) is 9.04. The van der Waals surface area contributed by atoms with Gasteiger partial charge in [-0.25, -0.2) is 0 Å². The molecule has 0 bridgehead atoms. The molecule has 0 saturated carbocycles. The topological polar surface area (TPSA) is 26.3 Å². The lowest BCUT2D eigenvalue weighted by molar-refractivity contribution is 0.112. The van der Waals surface area contributed by atoms with Gasteiger partial charge in [0, 0.05) is 0 Å². The fourth-order valence-electron chi connectivity index (χ4n) is 2.64. The summed E-state index contributed by atoms with van der Waals surface area (Å²) in [5, 5.41) is 1.90. The number of unbranched alkanes of at least 4 members (excludes halogenated alkanes) is 11. The van der Waals surface area contributed by atoms with E-state index in [0.29, 0.717) is 4.88 Å². The van der Waals surface area contributed by atoms with Crippen LogP contribution in [-0.2, 0) is 0 Å². The number of hydrogen-bond donors (Lipinski definition) is 0. The van der Waals surface area contributed by atoms with Crippen molar-refractivity contribution < 1.29 is 9.53 Å². The zero-order valence-electron chi connectivity index (χ0n) is 14.1.